The first-order valence-corrected chi connectivity index (χ1v) is 5.21. The molecule has 0 aliphatic rings. The van der Waals surface area contributed by atoms with E-state index < -0.39 is 0 Å². The van der Waals surface area contributed by atoms with Crippen LogP contribution in [0.15, 0.2) is 18.2 Å². The fourth-order valence-electron chi connectivity index (χ4n) is 1.39. The van der Waals surface area contributed by atoms with Crippen molar-refractivity contribution < 1.29 is 9.47 Å². The lowest BCUT2D eigenvalue weighted by Crippen LogP contribution is -2.12. The van der Waals surface area contributed by atoms with Gasteiger partial charge in [-0.2, -0.15) is 0 Å². The first-order chi connectivity index (χ1) is 7.22. The number of hydrogen-bond acceptors (Lipinski definition) is 3. The second-order valence-electron chi connectivity index (χ2n) is 3.35. The van der Waals surface area contributed by atoms with Gasteiger partial charge in [0.25, 0.3) is 0 Å². The van der Waals surface area contributed by atoms with E-state index in [9.17, 15) is 0 Å². The van der Waals surface area contributed by atoms with E-state index >= 15 is 0 Å². The van der Waals surface area contributed by atoms with E-state index in [1.54, 1.807) is 7.11 Å². The molecule has 1 N–H and O–H groups in total. The van der Waals surface area contributed by atoms with E-state index in [2.05, 4.69) is 18.3 Å². The highest BCUT2D eigenvalue weighted by Gasteiger charge is 2.08. The highest BCUT2D eigenvalue weighted by Crippen LogP contribution is 2.30. The van der Waals surface area contributed by atoms with Gasteiger partial charge in [0.1, 0.15) is 0 Å². The van der Waals surface area contributed by atoms with E-state index in [0.717, 1.165) is 11.5 Å². The van der Waals surface area contributed by atoms with Crippen molar-refractivity contribution in [3.8, 4) is 11.5 Å². The van der Waals surface area contributed by atoms with Crippen molar-refractivity contribution in [1.82, 2.24) is 5.32 Å². The number of ether oxygens (including phenoxy) is 2. The van der Waals surface area contributed by atoms with Crippen LogP contribution in [0, 0.1) is 0 Å². The Morgan fingerprint density at radius 1 is 1.33 bits per heavy atom. The van der Waals surface area contributed by atoms with E-state index in [1.807, 2.05) is 26.1 Å². The summed E-state index contributed by atoms with van der Waals surface area (Å²) < 4.78 is 10.7. The normalized spacial score (nSPS) is 12.3. The van der Waals surface area contributed by atoms with Crippen LogP contribution in [0.1, 0.15) is 25.5 Å². The smallest absolute Gasteiger partial charge is 0.161 e. The molecule has 0 bridgehead atoms. The standard InChI is InChI=1S/C12H19NO2/c1-5-15-11-7-6-10(9(2)13-3)8-12(11)14-4/h6-9,13H,5H2,1-4H3. The van der Waals surface area contributed by atoms with Crippen LogP contribution in [-0.2, 0) is 0 Å². The van der Waals surface area contributed by atoms with E-state index in [-0.39, 0.29) is 0 Å². The fraction of sp³-hybridized carbons (Fsp3) is 0.500. The van der Waals surface area contributed by atoms with Gasteiger partial charge in [-0.15, -0.1) is 0 Å². The Kier molecular flexibility index (Phi) is 4.43. The summed E-state index contributed by atoms with van der Waals surface area (Å²) in [4.78, 5) is 0. The first-order valence-electron chi connectivity index (χ1n) is 5.21. The molecule has 0 spiro atoms. The minimum atomic E-state index is 0.314. The number of hydrogen-bond donors (Lipinski definition) is 1. The van der Waals surface area contributed by atoms with Crippen molar-refractivity contribution in [3.05, 3.63) is 23.8 Å². The van der Waals surface area contributed by atoms with Crippen molar-refractivity contribution in [2.45, 2.75) is 19.9 Å². The van der Waals surface area contributed by atoms with Crippen molar-refractivity contribution in [2.75, 3.05) is 20.8 Å². The average molecular weight is 209 g/mol. The van der Waals surface area contributed by atoms with Crippen LogP contribution in [-0.4, -0.2) is 20.8 Å². The quantitative estimate of drug-likeness (QED) is 0.807. The third-order valence-corrected chi connectivity index (χ3v) is 2.42. The van der Waals surface area contributed by atoms with Gasteiger partial charge in [-0.3, -0.25) is 0 Å². The predicted octanol–water partition coefficient (Wildman–Crippen LogP) is 2.37. The molecule has 3 heteroatoms. The molecule has 1 atom stereocenters. The van der Waals surface area contributed by atoms with Gasteiger partial charge in [-0.1, -0.05) is 6.07 Å². The SMILES string of the molecule is CCOc1ccc(C(C)NC)cc1OC. The van der Waals surface area contributed by atoms with Crippen LogP contribution in [0.25, 0.3) is 0 Å². The molecule has 1 rings (SSSR count). The van der Waals surface area contributed by atoms with Crippen LogP contribution in [0.2, 0.25) is 0 Å². The Labute approximate surface area is 91.4 Å². The fourth-order valence-corrected chi connectivity index (χ4v) is 1.39. The molecule has 0 aromatic heterocycles. The van der Waals surface area contributed by atoms with Crippen LogP contribution < -0.4 is 14.8 Å². The first kappa shape index (κ1) is 11.9. The molecular formula is C12H19NO2. The van der Waals surface area contributed by atoms with Crippen LogP contribution in [0.5, 0.6) is 11.5 Å². The molecule has 0 saturated heterocycles. The molecule has 0 aliphatic heterocycles. The zero-order valence-electron chi connectivity index (χ0n) is 9.83. The summed E-state index contributed by atoms with van der Waals surface area (Å²) in [6.07, 6.45) is 0. The molecule has 1 unspecified atom stereocenters. The lowest BCUT2D eigenvalue weighted by molar-refractivity contribution is 0.310. The minimum Gasteiger partial charge on any atom is -0.493 e. The monoisotopic (exact) mass is 209 g/mol. The van der Waals surface area contributed by atoms with E-state index in [4.69, 9.17) is 9.47 Å². The van der Waals surface area contributed by atoms with Gasteiger partial charge in [0.05, 0.1) is 13.7 Å². The molecule has 1 aromatic rings. The predicted molar refractivity (Wildman–Crippen MR) is 61.6 cm³/mol. The number of nitrogens with one attached hydrogen (secondary N) is 1. The maximum absolute atomic E-state index is 5.45. The van der Waals surface area contributed by atoms with Gasteiger partial charge >= 0.3 is 0 Å². The molecule has 15 heavy (non-hydrogen) atoms. The molecule has 0 fully saturated rings. The minimum absolute atomic E-state index is 0.314. The third kappa shape index (κ3) is 2.86. The summed E-state index contributed by atoms with van der Waals surface area (Å²) in [5.74, 6) is 1.59. The summed E-state index contributed by atoms with van der Waals surface area (Å²) in [6.45, 7) is 4.72. The van der Waals surface area contributed by atoms with Crippen LogP contribution in [0.4, 0.5) is 0 Å². The number of benzene rings is 1. The maximum Gasteiger partial charge on any atom is 0.161 e. The molecule has 1 aromatic carbocycles. The Morgan fingerprint density at radius 3 is 2.60 bits per heavy atom. The molecule has 0 heterocycles. The molecule has 0 radical (unpaired) electrons. The highest BCUT2D eigenvalue weighted by atomic mass is 16.5. The van der Waals surface area contributed by atoms with Gasteiger partial charge < -0.3 is 14.8 Å². The summed E-state index contributed by atoms with van der Waals surface area (Å²) in [7, 11) is 3.60. The van der Waals surface area contributed by atoms with Gasteiger partial charge in [0.15, 0.2) is 11.5 Å². The largest absolute Gasteiger partial charge is 0.493 e. The van der Waals surface area contributed by atoms with Crippen molar-refractivity contribution >= 4 is 0 Å². The third-order valence-electron chi connectivity index (χ3n) is 2.42. The average Bonchev–Trinajstić information content (AvgIpc) is 2.29. The lowest BCUT2D eigenvalue weighted by Gasteiger charge is -2.14. The van der Waals surface area contributed by atoms with Crippen LogP contribution >= 0.6 is 0 Å². The van der Waals surface area contributed by atoms with Crippen molar-refractivity contribution in [1.29, 1.82) is 0 Å². The topological polar surface area (TPSA) is 30.5 Å². The summed E-state index contributed by atoms with van der Waals surface area (Å²) in [5.41, 5.74) is 1.19. The van der Waals surface area contributed by atoms with E-state index in [1.165, 1.54) is 5.56 Å². The number of methoxy groups -OCH3 is 1. The molecule has 0 amide bonds. The zero-order chi connectivity index (χ0) is 11.3. The Morgan fingerprint density at radius 2 is 2.07 bits per heavy atom. The van der Waals surface area contributed by atoms with Gasteiger partial charge in [-0.05, 0) is 38.6 Å². The number of rotatable bonds is 5. The summed E-state index contributed by atoms with van der Waals surface area (Å²) in [6, 6.07) is 6.32. The Bertz CT molecular complexity index is 312. The second kappa shape index (κ2) is 5.61. The summed E-state index contributed by atoms with van der Waals surface area (Å²) >= 11 is 0. The maximum atomic E-state index is 5.45. The second-order valence-corrected chi connectivity index (χ2v) is 3.35. The molecule has 84 valence electrons. The molecule has 0 aliphatic carbocycles. The van der Waals surface area contributed by atoms with E-state index in [0.29, 0.717) is 12.6 Å². The van der Waals surface area contributed by atoms with Crippen molar-refractivity contribution in [3.63, 3.8) is 0 Å². The van der Waals surface area contributed by atoms with Crippen LogP contribution in [0.3, 0.4) is 0 Å². The van der Waals surface area contributed by atoms with Gasteiger partial charge in [-0.25, -0.2) is 0 Å². The Balaban J connectivity index is 2.96. The van der Waals surface area contributed by atoms with Gasteiger partial charge in [0.2, 0.25) is 0 Å². The molecular weight excluding hydrogens is 190 g/mol. The Hall–Kier alpha value is -1.22. The zero-order valence-corrected chi connectivity index (χ0v) is 9.83. The highest BCUT2D eigenvalue weighted by molar-refractivity contribution is 5.43. The lowest BCUT2D eigenvalue weighted by atomic mass is 10.1. The van der Waals surface area contributed by atoms with Gasteiger partial charge in [0, 0.05) is 6.04 Å². The summed E-state index contributed by atoms with van der Waals surface area (Å²) in [5, 5.41) is 3.19. The molecule has 0 saturated carbocycles. The molecule has 3 nitrogen and oxygen atoms in total. The van der Waals surface area contributed by atoms with Crippen molar-refractivity contribution in [2.24, 2.45) is 0 Å².